The first-order valence-corrected chi connectivity index (χ1v) is 11.2. The fraction of sp³-hybridized carbons (Fsp3) is 0.462. The average molecular weight is 335 g/mol. The van der Waals surface area contributed by atoms with Gasteiger partial charge in [-0.25, -0.2) is 13.4 Å². The molecule has 0 fully saturated rings. The lowest BCUT2D eigenvalue weighted by molar-refractivity contribution is -0.126. The van der Waals surface area contributed by atoms with E-state index in [2.05, 4.69) is 16.4 Å². The molecular weight excluding hydrogens is 319 g/mol. The van der Waals surface area contributed by atoms with E-state index >= 15 is 0 Å². The summed E-state index contributed by atoms with van der Waals surface area (Å²) in [5.74, 6) is 2.81. The summed E-state index contributed by atoms with van der Waals surface area (Å²) >= 11 is 0. The lowest BCUT2D eigenvalue weighted by Gasteiger charge is -2.15. The molecule has 0 unspecified atom stereocenters. The number of nitrogens with zero attached hydrogens (tertiary/aromatic N) is 1. The van der Waals surface area contributed by atoms with Crippen molar-refractivity contribution in [3.8, 4) is 11.5 Å². The normalized spacial score (nSPS) is 14.2. The van der Waals surface area contributed by atoms with Gasteiger partial charge in [0.25, 0.3) is 0 Å². The maximum Gasteiger partial charge on any atom is 0.405 e. The summed E-state index contributed by atoms with van der Waals surface area (Å²) in [6.45, 7) is 6.71. The molecule has 0 aliphatic heterocycles. The maximum atomic E-state index is 12.5. The van der Waals surface area contributed by atoms with Gasteiger partial charge in [0.2, 0.25) is 0 Å². The quantitative estimate of drug-likeness (QED) is 0.616. The van der Waals surface area contributed by atoms with E-state index in [4.69, 9.17) is 0 Å². The second-order valence-corrected chi connectivity index (χ2v) is 12.6. The van der Waals surface area contributed by atoms with Crippen molar-refractivity contribution in [2.75, 3.05) is 0 Å². The number of rotatable bonds is 2. The van der Waals surface area contributed by atoms with Crippen LogP contribution in [0.2, 0.25) is 19.6 Å². The molecule has 0 N–H and O–H groups in total. The number of pyridine rings is 1. The molecule has 0 bridgehead atoms. The van der Waals surface area contributed by atoms with E-state index in [9.17, 15) is 21.6 Å². The van der Waals surface area contributed by atoms with Gasteiger partial charge < -0.3 is 0 Å². The summed E-state index contributed by atoms with van der Waals surface area (Å²) in [6, 6.07) is 2.43. The Morgan fingerprint density at radius 3 is 2.19 bits per heavy atom. The molecule has 0 aliphatic carbocycles. The average Bonchev–Trinajstić information content (AvgIpc) is 2.34. The molecule has 0 spiro atoms. The lowest BCUT2D eigenvalue weighted by Crippen LogP contribution is -2.33. The highest BCUT2D eigenvalue weighted by Crippen LogP contribution is 2.29. The third-order valence-electron chi connectivity index (χ3n) is 2.56. The molecule has 1 aromatic rings. The molecular formula is C13H16F3NO2SSi. The van der Waals surface area contributed by atoms with Crippen LogP contribution in [-0.4, -0.2) is 32.9 Å². The molecule has 1 atom stereocenters. The van der Waals surface area contributed by atoms with Gasteiger partial charge in [-0.2, -0.15) is 13.2 Å². The summed E-state index contributed by atoms with van der Waals surface area (Å²) in [5.41, 5.74) is 3.38. The van der Waals surface area contributed by atoms with Crippen LogP contribution in [0.3, 0.4) is 0 Å². The molecule has 1 heterocycles. The zero-order valence-electron chi connectivity index (χ0n) is 12.1. The highest BCUT2D eigenvalue weighted by molar-refractivity contribution is 7.92. The van der Waals surface area contributed by atoms with E-state index in [1.165, 1.54) is 6.07 Å². The van der Waals surface area contributed by atoms with Crippen molar-refractivity contribution in [3.05, 3.63) is 24.0 Å². The van der Waals surface area contributed by atoms with E-state index in [-0.39, 0.29) is 0 Å². The third-order valence-corrected chi connectivity index (χ3v) is 5.53. The molecule has 21 heavy (non-hydrogen) atoms. The van der Waals surface area contributed by atoms with E-state index in [1.54, 1.807) is 0 Å². The summed E-state index contributed by atoms with van der Waals surface area (Å²) < 4.78 is 61.3. The van der Waals surface area contributed by atoms with Gasteiger partial charge in [-0.05, 0) is 19.1 Å². The number of sulfone groups is 1. The van der Waals surface area contributed by atoms with Crippen LogP contribution < -0.4 is 0 Å². The number of alkyl halides is 3. The van der Waals surface area contributed by atoms with Gasteiger partial charge in [-0.1, -0.05) is 25.6 Å². The molecule has 0 saturated heterocycles. The Balaban J connectivity index is 3.10. The minimum atomic E-state index is -4.81. The topological polar surface area (TPSA) is 47.0 Å². The number of halogens is 3. The Labute approximate surface area is 123 Å². The second kappa shape index (κ2) is 5.81. The van der Waals surface area contributed by atoms with Crippen molar-refractivity contribution in [3.63, 3.8) is 0 Å². The number of hydrogen-bond acceptors (Lipinski definition) is 3. The van der Waals surface area contributed by atoms with Crippen LogP contribution in [-0.2, 0) is 9.84 Å². The summed E-state index contributed by atoms with van der Waals surface area (Å²) in [7, 11) is -6.08. The molecule has 8 heteroatoms. The monoisotopic (exact) mass is 335 g/mol. The first-order valence-electron chi connectivity index (χ1n) is 6.14. The largest absolute Gasteiger partial charge is 0.405 e. The van der Waals surface area contributed by atoms with Crippen LogP contribution in [0.5, 0.6) is 0 Å². The molecule has 1 aromatic heterocycles. The van der Waals surface area contributed by atoms with Gasteiger partial charge in [0.15, 0.2) is 15.1 Å². The van der Waals surface area contributed by atoms with Gasteiger partial charge in [0.1, 0.15) is 13.8 Å². The molecule has 0 aliphatic rings. The zero-order valence-corrected chi connectivity index (χ0v) is 13.9. The molecule has 0 radical (unpaired) electrons. The van der Waals surface area contributed by atoms with Gasteiger partial charge in [0.05, 0.1) is 4.90 Å². The fourth-order valence-electron chi connectivity index (χ4n) is 1.25. The van der Waals surface area contributed by atoms with Gasteiger partial charge in [0, 0.05) is 6.20 Å². The number of aromatic nitrogens is 1. The van der Waals surface area contributed by atoms with Crippen LogP contribution in [0.25, 0.3) is 0 Å². The van der Waals surface area contributed by atoms with E-state index in [0.29, 0.717) is 12.6 Å². The molecule has 0 saturated carbocycles. The first-order chi connectivity index (χ1) is 9.34. The maximum absolute atomic E-state index is 12.5. The van der Waals surface area contributed by atoms with Gasteiger partial charge >= 0.3 is 6.18 Å². The van der Waals surface area contributed by atoms with E-state index in [1.807, 2.05) is 19.6 Å². The predicted molar refractivity (Wildman–Crippen MR) is 77.2 cm³/mol. The fourth-order valence-corrected chi connectivity index (χ4v) is 2.97. The Bertz CT molecular complexity index is 665. The number of hydrogen-bond donors (Lipinski definition) is 0. The van der Waals surface area contributed by atoms with Crippen molar-refractivity contribution in [2.24, 2.45) is 0 Å². The van der Waals surface area contributed by atoms with Crippen LogP contribution in [0, 0.1) is 11.5 Å². The Morgan fingerprint density at radius 1 is 1.24 bits per heavy atom. The van der Waals surface area contributed by atoms with Crippen molar-refractivity contribution in [1.82, 2.24) is 4.98 Å². The molecule has 0 amide bonds. The summed E-state index contributed by atoms with van der Waals surface area (Å²) in [6.07, 6.45) is -3.89. The van der Waals surface area contributed by atoms with Crippen LogP contribution in [0.15, 0.2) is 23.2 Å². The Hall–Kier alpha value is -1.33. The first kappa shape index (κ1) is 17.7. The predicted octanol–water partition coefficient (Wildman–Crippen LogP) is 3.04. The molecule has 116 valence electrons. The van der Waals surface area contributed by atoms with Gasteiger partial charge in [-0.3, -0.25) is 0 Å². The smallest absolute Gasteiger partial charge is 0.246 e. The Morgan fingerprint density at radius 2 is 1.81 bits per heavy atom. The van der Waals surface area contributed by atoms with Crippen molar-refractivity contribution in [2.45, 2.75) is 42.9 Å². The minimum Gasteiger partial charge on any atom is -0.246 e. The Kier molecular flexibility index (Phi) is 4.90. The highest BCUT2D eigenvalue weighted by Gasteiger charge is 2.45. The summed E-state index contributed by atoms with van der Waals surface area (Å²) in [4.78, 5) is 3.36. The zero-order chi connectivity index (χ0) is 16.5. The van der Waals surface area contributed by atoms with Crippen LogP contribution in [0.4, 0.5) is 13.2 Å². The highest BCUT2D eigenvalue weighted by atomic mass is 32.2. The minimum absolute atomic E-state index is 0.344. The van der Waals surface area contributed by atoms with Crippen LogP contribution in [0.1, 0.15) is 12.6 Å². The van der Waals surface area contributed by atoms with Crippen molar-refractivity contribution < 1.29 is 21.6 Å². The second-order valence-electron chi connectivity index (χ2n) is 5.61. The van der Waals surface area contributed by atoms with E-state index < -0.39 is 34.2 Å². The standard InChI is InChI=1S/C13H16F3NO2SSi/c1-10(13(14,15)16)20(18,19)12-6-5-11(17-9-12)7-8-21(2,3)4/h5-6,9-10H,1-4H3/t10-/m0/s1. The van der Waals surface area contributed by atoms with E-state index in [0.717, 1.165) is 12.3 Å². The lowest BCUT2D eigenvalue weighted by atomic mass is 10.4. The molecule has 1 rings (SSSR count). The molecule has 0 aromatic carbocycles. The SMILES string of the molecule is C[C@@H](C(F)(F)F)S(=O)(=O)c1ccc(C#C[Si](C)(C)C)nc1. The van der Waals surface area contributed by atoms with Crippen molar-refractivity contribution in [1.29, 1.82) is 0 Å². The summed E-state index contributed by atoms with van der Waals surface area (Å²) in [5, 5.41) is -2.47. The molecule has 3 nitrogen and oxygen atoms in total. The van der Waals surface area contributed by atoms with Crippen LogP contribution >= 0.6 is 0 Å². The third kappa shape index (κ3) is 4.86. The van der Waals surface area contributed by atoms with Crippen molar-refractivity contribution >= 4 is 17.9 Å². The van der Waals surface area contributed by atoms with Gasteiger partial charge in [-0.15, -0.1) is 5.54 Å².